The summed E-state index contributed by atoms with van der Waals surface area (Å²) in [6.45, 7) is 1.24. The van der Waals surface area contributed by atoms with E-state index in [1.54, 1.807) is 6.33 Å². The van der Waals surface area contributed by atoms with Gasteiger partial charge in [-0.25, -0.2) is 9.97 Å². The number of nitrogens with two attached hydrogens (primary N) is 1. The minimum Gasteiger partial charge on any atom is -0.490 e. The molecule has 1 aromatic carbocycles. The SMILES string of the molecule is Nc1ccccc1OCCNc1ncnc2c1CCCC2. The molecule has 21 heavy (non-hydrogen) atoms. The summed E-state index contributed by atoms with van der Waals surface area (Å²) in [7, 11) is 0. The Morgan fingerprint density at radius 1 is 1.14 bits per heavy atom. The molecule has 1 aliphatic rings. The number of aromatic nitrogens is 2. The number of hydrogen-bond acceptors (Lipinski definition) is 5. The molecule has 0 saturated heterocycles. The van der Waals surface area contributed by atoms with Gasteiger partial charge in [0, 0.05) is 11.3 Å². The maximum Gasteiger partial charge on any atom is 0.142 e. The standard InChI is InChI=1S/C16H20N4O/c17-13-6-2-4-8-15(13)21-10-9-18-16-12-5-1-3-7-14(12)19-11-20-16/h2,4,6,8,11H,1,3,5,7,9-10,17H2,(H,18,19,20). The number of ether oxygens (including phenoxy) is 1. The van der Waals surface area contributed by atoms with Gasteiger partial charge in [0.2, 0.25) is 0 Å². The molecule has 0 fully saturated rings. The van der Waals surface area contributed by atoms with Gasteiger partial charge in [0.15, 0.2) is 0 Å². The Bertz CT molecular complexity index is 615. The Kier molecular flexibility index (Phi) is 4.19. The van der Waals surface area contributed by atoms with Gasteiger partial charge in [0.25, 0.3) is 0 Å². The summed E-state index contributed by atoms with van der Waals surface area (Å²) in [5.74, 6) is 1.67. The summed E-state index contributed by atoms with van der Waals surface area (Å²) < 4.78 is 5.67. The second-order valence-electron chi connectivity index (χ2n) is 5.17. The zero-order valence-electron chi connectivity index (χ0n) is 12.0. The van der Waals surface area contributed by atoms with Crippen molar-refractivity contribution in [3.8, 4) is 5.75 Å². The van der Waals surface area contributed by atoms with Crippen LogP contribution in [0.1, 0.15) is 24.1 Å². The van der Waals surface area contributed by atoms with Crippen molar-refractivity contribution in [1.29, 1.82) is 0 Å². The van der Waals surface area contributed by atoms with Crippen molar-refractivity contribution in [3.05, 3.63) is 41.9 Å². The lowest BCUT2D eigenvalue weighted by molar-refractivity contribution is 0.334. The minimum atomic E-state index is 0.549. The lowest BCUT2D eigenvalue weighted by Crippen LogP contribution is -2.16. The van der Waals surface area contributed by atoms with Crippen LogP contribution in [0.3, 0.4) is 0 Å². The molecular weight excluding hydrogens is 264 g/mol. The highest BCUT2D eigenvalue weighted by Gasteiger charge is 2.14. The molecule has 0 amide bonds. The molecule has 1 heterocycles. The summed E-state index contributed by atoms with van der Waals surface area (Å²) in [5, 5.41) is 3.35. The summed E-state index contributed by atoms with van der Waals surface area (Å²) >= 11 is 0. The van der Waals surface area contributed by atoms with Gasteiger partial charge in [-0.3, -0.25) is 0 Å². The molecule has 0 bridgehead atoms. The van der Waals surface area contributed by atoms with Crippen molar-refractivity contribution in [3.63, 3.8) is 0 Å². The lowest BCUT2D eigenvalue weighted by atomic mass is 9.96. The predicted molar refractivity (Wildman–Crippen MR) is 83.5 cm³/mol. The van der Waals surface area contributed by atoms with Gasteiger partial charge in [0.1, 0.15) is 24.5 Å². The first-order valence-corrected chi connectivity index (χ1v) is 7.38. The quantitative estimate of drug-likeness (QED) is 0.651. The number of nitrogens with one attached hydrogen (secondary N) is 1. The van der Waals surface area contributed by atoms with Crippen LogP contribution in [0.5, 0.6) is 5.75 Å². The van der Waals surface area contributed by atoms with E-state index in [1.807, 2.05) is 24.3 Å². The zero-order valence-corrected chi connectivity index (χ0v) is 12.0. The number of nitrogens with zero attached hydrogens (tertiary/aromatic N) is 2. The molecular formula is C16H20N4O. The third kappa shape index (κ3) is 3.24. The van der Waals surface area contributed by atoms with Crippen molar-refractivity contribution in [2.75, 3.05) is 24.2 Å². The van der Waals surface area contributed by atoms with E-state index in [9.17, 15) is 0 Å². The molecule has 0 aliphatic heterocycles. The molecule has 0 atom stereocenters. The fraction of sp³-hybridized carbons (Fsp3) is 0.375. The number of fused-ring (bicyclic) bond motifs is 1. The number of hydrogen-bond donors (Lipinski definition) is 2. The average Bonchev–Trinajstić information content (AvgIpc) is 2.53. The Hall–Kier alpha value is -2.30. The lowest BCUT2D eigenvalue weighted by Gasteiger charge is -2.18. The maximum absolute atomic E-state index is 5.84. The summed E-state index contributed by atoms with van der Waals surface area (Å²) in [6.07, 6.45) is 6.20. The van der Waals surface area contributed by atoms with Crippen molar-refractivity contribution in [1.82, 2.24) is 9.97 Å². The third-order valence-electron chi connectivity index (χ3n) is 3.70. The molecule has 3 N–H and O–H groups in total. The largest absolute Gasteiger partial charge is 0.490 e. The van der Waals surface area contributed by atoms with Crippen molar-refractivity contribution in [2.24, 2.45) is 0 Å². The van der Waals surface area contributed by atoms with Gasteiger partial charge in [0.05, 0.1) is 12.2 Å². The van der Waals surface area contributed by atoms with Crippen LogP contribution in [0, 0.1) is 0 Å². The van der Waals surface area contributed by atoms with Crippen LogP contribution in [-0.2, 0) is 12.8 Å². The monoisotopic (exact) mass is 284 g/mol. The molecule has 0 saturated carbocycles. The first kappa shape index (κ1) is 13.7. The number of rotatable bonds is 5. The van der Waals surface area contributed by atoms with Crippen molar-refractivity contribution < 1.29 is 4.74 Å². The van der Waals surface area contributed by atoms with E-state index in [0.717, 1.165) is 24.4 Å². The summed E-state index contributed by atoms with van der Waals surface area (Å²) in [4.78, 5) is 8.72. The highest BCUT2D eigenvalue weighted by Crippen LogP contribution is 2.24. The molecule has 0 unspecified atom stereocenters. The van der Waals surface area contributed by atoms with E-state index >= 15 is 0 Å². The number of aryl methyl sites for hydroxylation is 1. The van der Waals surface area contributed by atoms with E-state index in [4.69, 9.17) is 10.5 Å². The summed E-state index contributed by atoms with van der Waals surface area (Å²) in [5.41, 5.74) is 8.96. The smallest absolute Gasteiger partial charge is 0.142 e. The summed E-state index contributed by atoms with van der Waals surface area (Å²) in [6, 6.07) is 7.53. The highest BCUT2D eigenvalue weighted by molar-refractivity contribution is 5.52. The van der Waals surface area contributed by atoms with Crippen molar-refractivity contribution >= 4 is 11.5 Å². The van der Waals surface area contributed by atoms with E-state index < -0.39 is 0 Å². The van der Waals surface area contributed by atoms with E-state index in [0.29, 0.717) is 18.8 Å². The molecule has 5 heteroatoms. The number of para-hydroxylation sites is 2. The van der Waals surface area contributed by atoms with E-state index in [-0.39, 0.29) is 0 Å². The number of nitrogen functional groups attached to an aromatic ring is 1. The molecule has 110 valence electrons. The van der Waals surface area contributed by atoms with Crippen LogP contribution in [-0.4, -0.2) is 23.1 Å². The van der Waals surface area contributed by atoms with Gasteiger partial charge < -0.3 is 15.8 Å². The Morgan fingerprint density at radius 3 is 2.90 bits per heavy atom. The molecule has 2 aromatic rings. The van der Waals surface area contributed by atoms with E-state index in [1.165, 1.54) is 24.1 Å². The van der Waals surface area contributed by atoms with Gasteiger partial charge in [-0.1, -0.05) is 12.1 Å². The highest BCUT2D eigenvalue weighted by atomic mass is 16.5. The minimum absolute atomic E-state index is 0.549. The number of benzene rings is 1. The fourth-order valence-electron chi connectivity index (χ4n) is 2.62. The molecule has 0 spiro atoms. The first-order chi connectivity index (χ1) is 10.3. The van der Waals surface area contributed by atoms with Crippen LogP contribution in [0.25, 0.3) is 0 Å². The molecule has 0 radical (unpaired) electrons. The Morgan fingerprint density at radius 2 is 2.00 bits per heavy atom. The van der Waals surface area contributed by atoms with Gasteiger partial charge in [-0.2, -0.15) is 0 Å². The van der Waals surface area contributed by atoms with Crippen LogP contribution in [0.15, 0.2) is 30.6 Å². The van der Waals surface area contributed by atoms with Crippen molar-refractivity contribution in [2.45, 2.75) is 25.7 Å². The zero-order chi connectivity index (χ0) is 14.5. The molecule has 1 aliphatic carbocycles. The molecule has 1 aromatic heterocycles. The van der Waals surface area contributed by atoms with E-state index in [2.05, 4.69) is 15.3 Å². The fourth-order valence-corrected chi connectivity index (χ4v) is 2.62. The molecule has 5 nitrogen and oxygen atoms in total. The van der Waals surface area contributed by atoms with Gasteiger partial charge >= 0.3 is 0 Å². The normalized spacial score (nSPS) is 13.5. The predicted octanol–water partition coefficient (Wildman–Crippen LogP) is 2.43. The average molecular weight is 284 g/mol. The Balaban J connectivity index is 1.55. The first-order valence-electron chi connectivity index (χ1n) is 7.38. The number of anilines is 2. The Labute approximate surface area is 124 Å². The second kappa shape index (κ2) is 6.43. The van der Waals surface area contributed by atoms with Crippen LogP contribution in [0.2, 0.25) is 0 Å². The second-order valence-corrected chi connectivity index (χ2v) is 5.17. The maximum atomic E-state index is 5.84. The van der Waals surface area contributed by atoms with Gasteiger partial charge in [-0.05, 0) is 37.8 Å². The van der Waals surface area contributed by atoms with Crippen LogP contribution >= 0.6 is 0 Å². The van der Waals surface area contributed by atoms with Crippen LogP contribution in [0.4, 0.5) is 11.5 Å². The molecule has 3 rings (SSSR count). The van der Waals surface area contributed by atoms with Crippen LogP contribution < -0.4 is 15.8 Å². The topological polar surface area (TPSA) is 73.1 Å². The van der Waals surface area contributed by atoms with Gasteiger partial charge in [-0.15, -0.1) is 0 Å². The third-order valence-corrected chi connectivity index (χ3v) is 3.70.